The third-order valence-electron chi connectivity index (χ3n) is 3.86. The van der Waals surface area contributed by atoms with Crippen LogP contribution in [0.15, 0.2) is 24.4 Å². The molecule has 1 aromatic heterocycles. The standard InChI is InChI=1S/C17H26N2O/c1-13(2)14-6-7-17-16(11-14)15(5-3-10-20)12-19(17)9-4-8-18/h6-7,11-13,20H,3-5,8-10,18H2,1-2H3. The van der Waals surface area contributed by atoms with Crippen LogP contribution in [0, 0.1) is 0 Å². The van der Waals surface area contributed by atoms with Crippen molar-refractivity contribution < 1.29 is 5.11 Å². The highest BCUT2D eigenvalue weighted by Gasteiger charge is 2.10. The Morgan fingerprint density at radius 1 is 1.25 bits per heavy atom. The van der Waals surface area contributed by atoms with E-state index < -0.39 is 0 Å². The monoisotopic (exact) mass is 274 g/mol. The van der Waals surface area contributed by atoms with Crippen LogP contribution in [0.25, 0.3) is 10.9 Å². The molecule has 2 aromatic rings. The number of fused-ring (bicyclic) bond motifs is 1. The van der Waals surface area contributed by atoms with E-state index in [1.807, 2.05) is 0 Å². The number of hydrogen-bond donors (Lipinski definition) is 2. The molecular weight excluding hydrogens is 248 g/mol. The van der Waals surface area contributed by atoms with Gasteiger partial charge in [0.2, 0.25) is 0 Å². The van der Waals surface area contributed by atoms with Crippen molar-refractivity contribution in [1.82, 2.24) is 4.57 Å². The van der Waals surface area contributed by atoms with E-state index >= 15 is 0 Å². The number of rotatable bonds is 7. The van der Waals surface area contributed by atoms with Crippen molar-refractivity contribution >= 4 is 10.9 Å². The summed E-state index contributed by atoms with van der Waals surface area (Å²) in [5.74, 6) is 0.539. The van der Waals surface area contributed by atoms with Gasteiger partial charge in [-0.3, -0.25) is 0 Å². The largest absolute Gasteiger partial charge is 0.396 e. The van der Waals surface area contributed by atoms with Crippen molar-refractivity contribution in [3.8, 4) is 0 Å². The summed E-state index contributed by atoms with van der Waals surface area (Å²) in [5, 5.41) is 10.4. The summed E-state index contributed by atoms with van der Waals surface area (Å²) in [7, 11) is 0. The second-order valence-electron chi connectivity index (χ2n) is 5.75. The van der Waals surface area contributed by atoms with Gasteiger partial charge in [-0.25, -0.2) is 0 Å². The maximum absolute atomic E-state index is 9.07. The summed E-state index contributed by atoms with van der Waals surface area (Å²) in [6, 6.07) is 6.76. The zero-order chi connectivity index (χ0) is 14.5. The number of aromatic nitrogens is 1. The van der Waals surface area contributed by atoms with Crippen molar-refractivity contribution in [2.45, 2.75) is 45.6 Å². The fourth-order valence-corrected chi connectivity index (χ4v) is 2.66. The number of nitrogens with zero attached hydrogens (tertiary/aromatic N) is 1. The van der Waals surface area contributed by atoms with Crippen molar-refractivity contribution in [2.24, 2.45) is 5.73 Å². The molecule has 20 heavy (non-hydrogen) atoms. The van der Waals surface area contributed by atoms with E-state index in [0.717, 1.165) is 32.4 Å². The fourth-order valence-electron chi connectivity index (χ4n) is 2.66. The lowest BCUT2D eigenvalue weighted by atomic mass is 9.99. The highest BCUT2D eigenvalue weighted by Crippen LogP contribution is 2.27. The highest BCUT2D eigenvalue weighted by molar-refractivity contribution is 5.85. The molecule has 3 nitrogen and oxygen atoms in total. The zero-order valence-corrected chi connectivity index (χ0v) is 12.6. The third kappa shape index (κ3) is 3.22. The van der Waals surface area contributed by atoms with E-state index in [-0.39, 0.29) is 6.61 Å². The van der Waals surface area contributed by atoms with Crippen LogP contribution in [0.4, 0.5) is 0 Å². The van der Waals surface area contributed by atoms with Crippen molar-refractivity contribution in [3.05, 3.63) is 35.5 Å². The maximum atomic E-state index is 9.07. The normalized spacial score (nSPS) is 11.7. The van der Waals surface area contributed by atoms with Crippen molar-refractivity contribution in [2.75, 3.05) is 13.2 Å². The predicted octanol–water partition coefficient (Wildman–Crippen LogP) is 3.04. The number of aliphatic hydroxyl groups excluding tert-OH is 1. The lowest BCUT2D eigenvalue weighted by Gasteiger charge is -2.08. The van der Waals surface area contributed by atoms with Crippen LogP contribution in [0.2, 0.25) is 0 Å². The van der Waals surface area contributed by atoms with Crippen LogP contribution in [0.5, 0.6) is 0 Å². The third-order valence-corrected chi connectivity index (χ3v) is 3.86. The molecule has 110 valence electrons. The molecule has 0 saturated carbocycles. The molecule has 0 aliphatic heterocycles. The summed E-state index contributed by atoms with van der Waals surface area (Å²) in [4.78, 5) is 0. The average Bonchev–Trinajstić information content (AvgIpc) is 2.80. The smallest absolute Gasteiger partial charge is 0.0483 e. The molecule has 1 aromatic carbocycles. The summed E-state index contributed by atoms with van der Waals surface area (Å²) in [5.41, 5.74) is 9.63. The molecule has 2 rings (SSSR count). The molecule has 0 unspecified atom stereocenters. The molecular formula is C17H26N2O. The van der Waals surface area contributed by atoms with Gasteiger partial charge in [-0.15, -0.1) is 0 Å². The van der Waals surface area contributed by atoms with Gasteiger partial charge in [0.25, 0.3) is 0 Å². The molecule has 0 amide bonds. The molecule has 0 saturated heterocycles. The van der Waals surface area contributed by atoms with Gasteiger partial charge >= 0.3 is 0 Å². The van der Waals surface area contributed by atoms with Gasteiger partial charge in [0.15, 0.2) is 0 Å². The minimum atomic E-state index is 0.249. The molecule has 0 aliphatic carbocycles. The molecule has 0 aliphatic rings. The van der Waals surface area contributed by atoms with Gasteiger partial charge in [0.05, 0.1) is 0 Å². The Morgan fingerprint density at radius 3 is 2.70 bits per heavy atom. The molecule has 0 fully saturated rings. The first-order valence-electron chi connectivity index (χ1n) is 7.60. The van der Waals surface area contributed by atoms with E-state index in [2.05, 4.69) is 42.8 Å². The molecule has 0 atom stereocenters. The predicted molar refractivity (Wildman–Crippen MR) is 85.1 cm³/mol. The summed E-state index contributed by atoms with van der Waals surface area (Å²) < 4.78 is 2.30. The van der Waals surface area contributed by atoms with Gasteiger partial charge in [0, 0.05) is 30.3 Å². The lowest BCUT2D eigenvalue weighted by molar-refractivity contribution is 0.288. The Morgan fingerprint density at radius 2 is 2.05 bits per heavy atom. The summed E-state index contributed by atoms with van der Waals surface area (Å²) in [6.45, 7) is 6.38. The topological polar surface area (TPSA) is 51.2 Å². The summed E-state index contributed by atoms with van der Waals surface area (Å²) in [6.07, 6.45) is 4.99. The second kappa shape index (κ2) is 6.91. The Balaban J connectivity index is 2.43. The number of aryl methyl sites for hydroxylation is 2. The average molecular weight is 274 g/mol. The molecule has 0 radical (unpaired) electrons. The number of nitrogens with two attached hydrogens (primary N) is 1. The first kappa shape index (κ1) is 15.1. The molecule has 3 heteroatoms. The van der Waals surface area contributed by atoms with E-state index in [0.29, 0.717) is 5.92 Å². The molecule has 0 bridgehead atoms. The van der Waals surface area contributed by atoms with Crippen molar-refractivity contribution in [1.29, 1.82) is 0 Å². The lowest BCUT2D eigenvalue weighted by Crippen LogP contribution is -2.04. The minimum Gasteiger partial charge on any atom is -0.396 e. The van der Waals surface area contributed by atoms with Gasteiger partial charge in [0.1, 0.15) is 0 Å². The van der Waals surface area contributed by atoms with Gasteiger partial charge in [-0.1, -0.05) is 19.9 Å². The van der Waals surface area contributed by atoms with Crippen LogP contribution in [0.1, 0.15) is 43.7 Å². The van der Waals surface area contributed by atoms with Crippen LogP contribution in [-0.4, -0.2) is 22.8 Å². The van der Waals surface area contributed by atoms with Crippen molar-refractivity contribution in [3.63, 3.8) is 0 Å². The van der Waals surface area contributed by atoms with E-state index in [1.165, 1.54) is 22.0 Å². The molecule has 0 spiro atoms. The first-order valence-corrected chi connectivity index (χ1v) is 7.60. The molecule has 3 N–H and O–H groups in total. The second-order valence-corrected chi connectivity index (χ2v) is 5.75. The SMILES string of the molecule is CC(C)c1ccc2c(c1)c(CCCO)cn2CCCN. The number of benzene rings is 1. The van der Waals surface area contributed by atoms with Crippen LogP contribution in [0.3, 0.4) is 0 Å². The highest BCUT2D eigenvalue weighted by atomic mass is 16.2. The summed E-state index contributed by atoms with van der Waals surface area (Å²) >= 11 is 0. The van der Waals surface area contributed by atoms with Crippen LogP contribution >= 0.6 is 0 Å². The molecule has 1 heterocycles. The Hall–Kier alpha value is -1.32. The Kier molecular flexibility index (Phi) is 5.21. The Labute approximate surface area is 121 Å². The van der Waals surface area contributed by atoms with E-state index in [9.17, 15) is 0 Å². The van der Waals surface area contributed by atoms with Gasteiger partial charge < -0.3 is 15.4 Å². The van der Waals surface area contributed by atoms with E-state index in [4.69, 9.17) is 10.8 Å². The van der Waals surface area contributed by atoms with Gasteiger partial charge in [-0.05, 0) is 55.0 Å². The van der Waals surface area contributed by atoms with Crippen LogP contribution < -0.4 is 5.73 Å². The first-order chi connectivity index (χ1) is 9.67. The maximum Gasteiger partial charge on any atom is 0.0483 e. The minimum absolute atomic E-state index is 0.249. The van der Waals surface area contributed by atoms with Crippen LogP contribution in [-0.2, 0) is 13.0 Å². The Bertz CT molecular complexity index is 557. The quantitative estimate of drug-likeness (QED) is 0.815. The number of hydrogen-bond acceptors (Lipinski definition) is 2. The fraction of sp³-hybridized carbons (Fsp3) is 0.529. The van der Waals surface area contributed by atoms with Gasteiger partial charge in [-0.2, -0.15) is 0 Å². The zero-order valence-electron chi connectivity index (χ0n) is 12.6. The van der Waals surface area contributed by atoms with E-state index in [1.54, 1.807) is 0 Å². The number of aliphatic hydroxyl groups is 1.